The molecule has 0 radical (unpaired) electrons. The lowest BCUT2D eigenvalue weighted by molar-refractivity contribution is -0.134. The van der Waals surface area contributed by atoms with Crippen LogP contribution in [0.15, 0.2) is 18.2 Å². The van der Waals surface area contributed by atoms with Crippen LogP contribution in [0.4, 0.5) is 5.69 Å². The number of nitrogens with zero attached hydrogens (tertiary/aromatic N) is 3. The molecule has 1 aromatic rings. The van der Waals surface area contributed by atoms with Crippen molar-refractivity contribution in [2.75, 3.05) is 45.1 Å². The minimum absolute atomic E-state index is 0.174. The van der Waals surface area contributed by atoms with E-state index >= 15 is 0 Å². The molecule has 4 amide bonds. The Hall–Kier alpha value is -2.74. The molecule has 1 aliphatic carbocycles. The van der Waals surface area contributed by atoms with Gasteiger partial charge in [0.2, 0.25) is 11.8 Å². The summed E-state index contributed by atoms with van der Waals surface area (Å²) >= 11 is 0. The van der Waals surface area contributed by atoms with Crippen molar-refractivity contribution in [2.45, 2.75) is 38.5 Å². The topological polar surface area (TPSA) is 90.0 Å². The maximum absolute atomic E-state index is 12.6. The van der Waals surface area contributed by atoms with Gasteiger partial charge in [0.05, 0.1) is 17.7 Å². The number of anilines is 1. The molecule has 1 N–H and O–H groups in total. The van der Waals surface area contributed by atoms with Crippen molar-refractivity contribution < 1.29 is 19.2 Å². The van der Waals surface area contributed by atoms with Crippen molar-refractivity contribution in [3.05, 3.63) is 29.3 Å². The molecule has 0 bridgehead atoms. The summed E-state index contributed by atoms with van der Waals surface area (Å²) in [5.41, 5.74) is 1.18. The number of amides is 4. The predicted molar refractivity (Wildman–Crippen MR) is 116 cm³/mol. The zero-order chi connectivity index (χ0) is 22.0. The van der Waals surface area contributed by atoms with Crippen LogP contribution in [0, 0.1) is 5.92 Å². The number of carbonyl (C=O) groups is 4. The number of hydrogen-bond donors (Lipinski definition) is 1. The van der Waals surface area contributed by atoms with E-state index in [9.17, 15) is 19.2 Å². The molecule has 2 fully saturated rings. The van der Waals surface area contributed by atoms with Crippen molar-refractivity contribution >= 4 is 29.3 Å². The van der Waals surface area contributed by atoms with E-state index in [1.54, 1.807) is 18.2 Å². The van der Waals surface area contributed by atoms with Crippen LogP contribution in [0.25, 0.3) is 0 Å². The Morgan fingerprint density at radius 2 is 1.65 bits per heavy atom. The van der Waals surface area contributed by atoms with E-state index in [0.717, 1.165) is 4.90 Å². The Labute approximate surface area is 182 Å². The van der Waals surface area contributed by atoms with Gasteiger partial charge in [0, 0.05) is 45.3 Å². The van der Waals surface area contributed by atoms with Crippen LogP contribution in [0.2, 0.25) is 0 Å². The fraction of sp³-hybridized carbons (Fsp3) is 0.565. The molecule has 166 valence electrons. The van der Waals surface area contributed by atoms with Gasteiger partial charge in [0.1, 0.15) is 0 Å². The lowest BCUT2D eigenvalue weighted by atomic mass is 9.86. The number of fused-ring (bicyclic) bond motifs is 1. The van der Waals surface area contributed by atoms with Gasteiger partial charge < -0.3 is 10.2 Å². The molecular formula is C23H30N4O4. The summed E-state index contributed by atoms with van der Waals surface area (Å²) < 4.78 is 0. The maximum atomic E-state index is 12.6. The Morgan fingerprint density at radius 1 is 0.968 bits per heavy atom. The minimum atomic E-state index is -0.356. The molecule has 0 unspecified atom stereocenters. The van der Waals surface area contributed by atoms with Crippen LogP contribution in [0.3, 0.4) is 0 Å². The molecule has 0 atom stereocenters. The first-order valence-electron chi connectivity index (χ1n) is 11.2. The van der Waals surface area contributed by atoms with Crippen LogP contribution in [0.5, 0.6) is 0 Å². The third-order valence-electron chi connectivity index (χ3n) is 6.65. The predicted octanol–water partition coefficient (Wildman–Crippen LogP) is 1.97. The average Bonchev–Trinajstić information content (AvgIpc) is 2.98. The molecule has 0 aromatic heterocycles. The largest absolute Gasteiger partial charge is 0.340 e. The van der Waals surface area contributed by atoms with Crippen LogP contribution < -0.4 is 5.32 Å². The van der Waals surface area contributed by atoms with E-state index < -0.39 is 0 Å². The standard InChI is InChI=1S/C23H30N4O4/c1-25-22(30)18-8-7-17(14-19(18)23(25)31)24-20(28)15-26-9-11-27(12-10-26)21(29)13-16-5-3-2-4-6-16/h7-8,14,16H,2-6,9-13,15H2,1H3,(H,24,28). The monoisotopic (exact) mass is 426 g/mol. The van der Waals surface area contributed by atoms with Gasteiger partial charge >= 0.3 is 0 Å². The molecule has 31 heavy (non-hydrogen) atoms. The van der Waals surface area contributed by atoms with Gasteiger partial charge in [-0.3, -0.25) is 29.0 Å². The van der Waals surface area contributed by atoms with Crippen LogP contribution >= 0.6 is 0 Å². The highest BCUT2D eigenvalue weighted by Gasteiger charge is 2.33. The molecule has 3 aliphatic rings. The number of carbonyl (C=O) groups excluding carboxylic acids is 4. The number of nitrogens with one attached hydrogen (secondary N) is 1. The first kappa shape index (κ1) is 21.5. The highest BCUT2D eigenvalue weighted by atomic mass is 16.2. The summed E-state index contributed by atoms with van der Waals surface area (Å²) in [5.74, 6) is -0.0661. The quantitative estimate of drug-likeness (QED) is 0.727. The number of rotatable bonds is 5. The normalized spacial score (nSPS) is 20.2. The molecule has 0 spiro atoms. The van der Waals surface area contributed by atoms with E-state index in [1.807, 2.05) is 9.80 Å². The first-order valence-corrected chi connectivity index (χ1v) is 11.2. The smallest absolute Gasteiger partial charge is 0.261 e. The van der Waals surface area contributed by atoms with Gasteiger partial charge in [-0.25, -0.2) is 0 Å². The van der Waals surface area contributed by atoms with E-state index in [1.165, 1.54) is 39.2 Å². The maximum Gasteiger partial charge on any atom is 0.261 e. The lowest BCUT2D eigenvalue weighted by Crippen LogP contribution is -2.50. The summed E-state index contributed by atoms with van der Waals surface area (Å²) in [5, 5.41) is 2.81. The molecule has 1 saturated carbocycles. The second kappa shape index (κ2) is 9.18. The van der Waals surface area contributed by atoms with Gasteiger partial charge in [-0.15, -0.1) is 0 Å². The van der Waals surface area contributed by atoms with Gasteiger partial charge in [-0.1, -0.05) is 19.3 Å². The second-order valence-corrected chi connectivity index (χ2v) is 8.84. The number of piperazine rings is 1. The van der Waals surface area contributed by atoms with Crippen molar-refractivity contribution in [2.24, 2.45) is 5.92 Å². The molecule has 2 heterocycles. The van der Waals surface area contributed by atoms with Gasteiger partial charge in [0.25, 0.3) is 11.8 Å². The zero-order valence-corrected chi connectivity index (χ0v) is 18.1. The minimum Gasteiger partial charge on any atom is -0.340 e. The third-order valence-corrected chi connectivity index (χ3v) is 6.65. The fourth-order valence-corrected chi connectivity index (χ4v) is 4.77. The highest BCUT2D eigenvalue weighted by Crippen LogP contribution is 2.27. The van der Waals surface area contributed by atoms with Crippen molar-refractivity contribution in [1.82, 2.24) is 14.7 Å². The number of imide groups is 1. The Morgan fingerprint density at radius 3 is 2.35 bits per heavy atom. The Kier molecular flexibility index (Phi) is 6.36. The zero-order valence-electron chi connectivity index (χ0n) is 18.1. The van der Waals surface area contributed by atoms with Gasteiger partial charge in [-0.2, -0.15) is 0 Å². The molecule has 1 saturated heterocycles. The van der Waals surface area contributed by atoms with Crippen molar-refractivity contribution in [1.29, 1.82) is 0 Å². The van der Waals surface area contributed by atoms with Crippen LogP contribution in [-0.4, -0.2) is 78.1 Å². The summed E-state index contributed by atoms with van der Waals surface area (Å²) in [6, 6.07) is 4.77. The summed E-state index contributed by atoms with van der Waals surface area (Å²) in [7, 11) is 1.45. The Balaban J connectivity index is 1.24. The van der Waals surface area contributed by atoms with Crippen LogP contribution in [0.1, 0.15) is 59.2 Å². The molecular weight excluding hydrogens is 396 g/mol. The molecule has 8 heteroatoms. The molecule has 8 nitrogen and oxygen atoms in total. The van der Waals surface area contributed by atoms with E-state index in [2.05, 4.69) is 5.32 Å². The average molecular weight is 427 g/mol. The van der Waals surface area contributed by atoms with Crippen LogP contribution in [-0.2, 0) is 9.59 Å². The molecule has 2 aliphatic heterocycles. The fourth-order valence-electron chi connectivity index (χ4n) is 4.77. The summed E-state index contributed by atoms with van der Waals surface area (Å²) in [6.45, 7) is 2.88. The molecule has 4 rings (SSSR count). The number of hydrogen-bond acceptors (Lipinski definition) is 5. The highest BCUT2D eigenvalue weighted by molar-refractivity contribution is 6.21. The Bertz CT molecular complexity index is 886. The SMILES string of the molecule is CN1C(=O)c2ccc(NC(=O)CN3CCN(C(=O)CC4CCCCC4)CC3)cc2C1=O. The first-order chi connectivity index (χ1) is 14.9. The van der Waals surface area contributed by atoms with Crippen molar-refractivity contribution in [3.63, 3.8) is 0 Å². The second-order valence-electron chi connectivity index (χ2n) is 8.84. The van der Waals surface area contributed by atoms with E-state index in [-0.39, 0.29) is 30.2 Å². The molecule has 1 aromatic carbocycles. The third kappa shape index (κ3) is 4.79. The summed E-state index contributed by atoms with van der Waals surface area (Å²) in [6.07, 6.45) is 6.78. The lowest BCUT2D eigenvalue weighted by Gasteiger charge is -2.35. The van der Waals surface area contributed by atoms with E-state index in [0.29, 0.717) is 55.3 Å². The van der Waals surface area contributed by atoms with E-state index in [4.69, 9.17) is 0 Å². The number of benzene rings is 1. The van der Waals surface area contributed by atoms with Gasteiger partial charge in [0.15, 0.2) is 0 Å². The van der Waals surface area contributed by atoms with Crippen molar-refractivity contribution in [3.8, 4) is 0 Å². The van der Waals surface area contributed by atoms with Gasteiger partial charge in [-0.05, 0) is 37.0 Å². The summed E-state index contributed by atoms with van der Waals surface area (Å²) in [4.78, 5) is 54.2.